The normalized spacial score (nSPS) is 10.4. The van der Waals surface area contributed by atoms with Gasteiger partial charge in [-0.1, -0.05) is 13.3 Å². The Balaban J connectivity index is 2.30. The van der Waals surface area contributed by atoms with Crippen molar-refractivity contribution in [2.45, 2.75) is 26.3 Å². The number of hydrogen-bond donors (Lipinski definition) is 1. The molecule has 0 saturated heterocycles. The summed E-state index contributed by atoms with van der Waals surface area (Å²) in [4.78, 5) is 0. The van der Waals surface area contributed by atoms with Gasteiger partial charge in [-0.15, -0.1) is 0 Å². The maximum atomic E-state index is 7.85. The summed E-state index contributed by atoms with van der Waals surface area (Å²) in [5, 5.41) is 12.4. The van der Waals surface area contributed by atoms with Gasteiger partial charge in [0.15, 0.2) is 0 Å². The lowest BCUT2D eigenvalue weighted by molar-refractivity contribution is 0.415. The molecular weight excluding hydrogens is 238 g/mol. The number of nitrogens with zero attached hydrogens (tertiary/aromatic N) is 2. The third-order valence-electron chi connectivity index (χ3n) is 3.01. The fourth-order valence-electron chi connectivity index (χ4n) is 1.86. The molecular formula is C15H19N3O. The molecule has 1 aromatic heterocycles. The maximum Gasteiger partial charge on any atom is 0.141 e. The number of unbranched alkanes of at least 4 members (excludes halogenated alkanes) is 1. The first-order valence-electron chi connectivity index (χ1n) is 6.51. The molecule has 0 aliphatic heterocycles. The van der Waals surface area contributed by atoms with Gasteiger partial charge in [0.1, 0.15) is 11.2 Å². The quantitative estimate of drug-likeness (QED) is 0.895. The van der Waals surface area contributed by atoms with E-state index < -0.39 is 0 Å². The number of ether oxygens (including phenoxy) is 1. The van der Waals surface area contributed by atoms with Gasteiger partial charge >= 0.3 is 0 Å². The molecule has 19 heavy (non-hydrogen) atoms. The van der Waals surface area contributed by atoms with Crippen molar-refractivity contribution in [2.24, 2.45) is 0 Å². The summed E-state index contributed by atoms with van der Waals surface area (Å²) >= 11 is 0. The molecule has 0 fully saturated rings. The van der Waals surface area contributed by atoms with Crippen molar-refractivity contribution in [3.05, 3.63) is 41.9 Å². The van der Waals surface area contributed by atoms with E-state index >= 15 is 0 Å². The fourth-order valence-corrected chi connectivity index (χ4v) is 1.86. The predicted octanol–water partition coefficient (Wildman–Crippen LogP) is 2.84. The molecule has 100 valence electrons. The predicted molar refractivity (Wildman–Crippen MR) is 75.0 cm³/mol. The van der Waals surface area contributed by atoms with Crippen LogP contribution in [0.15, 0.2) is 36.4 Å². The van der Waals surface area contributed by atoms with Gasteiger partial charge in [-0.3, -0.25) is 5.41 Å². The van der Waals surface area contributed by atoms with E-state index in [1.807, 2.05) is 30.3 Å². The van der Waals surface area contributed by atoms with Crippen LogP contribution >= 0.6 is 0 Å². The maximum absolute atomic E-state index is 7.85. The first-order valence-corrected chi connectivity index (χ1v) is 6.51. The second-order valence-corrected chi connectivity index (χ2v) is 4.41. The zero-order chi connectivity index (χ0) is 13.7. The molecule has 1 aromatic carbocycles. The second-order valence-electron chi connectivity index (χ2n) is 4.41. The SMILES string of the molecule is CCCCn1nc(-c2ccc(OC)cc2)ccc1=N. The number of aromatic nitrogens is 2. The van der Waals surface area contributed by atoms with Gasteiger partial charge in [-0.25, -0.2) is 4.68 Å². The third-order valence-corrected chi connectivity index (χ3v) is 3.01. The smallest absolute Gasteiger partial charge is 0.141 e. The van der Waals surface area contributed by atoms with Crippen molar-refractivity contribution in [1.82, 2.24) is 9.78 Å². The van der Waals surface area contributed by atoms with Crippen LogP contribution in [0.3, 0.4) is 0 Å². The highest BCUT2D eigenvalue weighted by Gasteiger charge is 2.02. The van der Waals surface area contributed by atoms with Crippen molar-refractivity contribution >= 4 is 0 Å². The van der Waals surface area contributed by atoms with Crippen LogP contribution in [0.2, 0.25) is 0 Å². The number of aryl methyl sites for hydroxylation is 1. The largest absolute Gasteiger partial charge is 0.497 e. The Hall–Kier alpha value is -2.10. The third kappa shape index (κ3) is 3.22. The number of hydrogen-bond acceptors (Lipinski definition) is 3. The molecule has 0 atom stereocenters. The second kappa shape index (κ2) is 6.18. The summed E-state index contributed by atoms with van der Waals surface area (Å²) in [6, 6.07) is 11.5. The van der Waals surface area contributed by atoms with Gasteiger partial charge in [0.25, 0.3) is 0 Å². The van der Waals surface area contributed by atoms with Crippen LogP contribution in [0.25, 0.3) is 11.3 Å². The lowest BCUT2D eigenvalue weighted by Gasteiger charge is -2.08. The fraction of sp³-hybridized carbons (Fsp3) is 0.333. The van der Waals surface area contributed by atoms with Crippen molar-refractivity contribution in [2.75, 3.05) is 7.11 Å². The lowest BCUT2D eigenvalue weighted by Crippen LogP contribution is -2.22. The standard InChI is InChI=1S/C15H19N3O/c1-3-4-11-18-15(16)10-9-14(17-18)12-5-7-13(19-2)8-6-12/h5-10,16H,3-4,11H2,1-2H3. The summed E-state index contributed by atoms with van der Waals surface area (Å²) in [6.07, 6.45) is 2.14. The highest BCUT2D eigenvalue weighted by atomic mass is 16.5. The Kier molecular flexibility index (Phi) is 4.34. The molecule has 0 radical (unpaired) electrons. The van der Waals surface area contributed by atoms with E-state index in [0.29, 0.717) is 5.49 Å². The average molecular weight is 257 g/mol. The molecule has 1 heterocycles. The molecule has 0 spiro atoms. The zero-order valence-electron chi connectivity index (χ0n) is 11.4. The van der Waals surface area contributed by atoms with Crippen LogP contribution in [0.1, 0.15) is 19.8 Å². The Labute approximate surface area is 113 Å². The molecule has 2 aromatic rings. The number of benzene rings is 1. The van der Waals surface area contributed by atoms with Gasteiger partial charge in [-0.2, -0.15) is 5.10 Å². The van der Waals surface area contributed by atoms with Crippen LogP contribution in [0.4, 0.5) is 0 Å². The molecule has 0 saturated carbocycles. The van der Waals surface area contributed by atoms with Crippen LogP contribution < -0.4 is 10.2 Å². The Bertz CT molecular complexity index is 587. The minimum atomic E-state index is 0.450. The van der Waals surface area contributed by atoms with Crippen molar-refractivity contribution in [1.29, 1.82) is 5.41 Å². The molecule has 0 amide bonds. The number of nitrogens with one attached hydrogen (secondary N) is 1. The Morgan fingerprint density at radius 1 is 1.16 bits per heavy atom. The summed E-state index contributed by atoms with van der Waals surface area (Å²) in [5.41, 5.74) is 2.37. The highest BCUT2D eigenvalue weighted by molar-refractivity contribution is 5.59. The van der Waals surface area contributed by atoms with Crippen LogP contribution in [0.5, 0.6) is 5.75 Å². The van der Waals surface area contributed by atoms with E-state index in [4.69, 9.17) is 10.1 Å². The minimum Gasteiger partial charge on any atom is -0.497 e. The van der Waals surface area contributed by atoms with Gasteiger partial charge in [0.2, 0.25) is 0 Å². The summed E-state index contributed by atoms with van der Waals surface area (Å²) in [6.45, 7) is 2.93. The van der Waals surface area contributed by atoms with E-state index in [1.165, 1.54) is 0 Å². The van der Waals surface area contributed by atoms with Crippen molar-refractivity contribution < 1.29 is 4.74 Å². The molecule has 0 aliphatic carbocycles. The van der Waals surface area contributed by atoms with E-state index in [2.05, 4.69) is 12.0 Å². The number of methoxy groups -OCH3 is 1. The Morgan fingerprint density at radius 3 is 2.53 bits per heavy atom. The van der Waals surface area contributed by atoms with Gasteiger partial charge in [-0.05, 0) is 42.8 Å². The number of rotatable bonds is 5. The topological polar surface area (TPSA) is 50.9 Å². The molecule has 0 bridgehead atoms. The average Bonchev–Trinajstić information content (AvgIpc) is 2.46. The highest BCUT2D eigenvalue weighted by Crippen LogP contribution is 2.19. The zero-order valence-corrected chi connectivity index (χ0v) is 11.4. The summed E-state index contributed by atoms with van der Waals surface area (Å²) in [5.74, 6) is 0.833. The van der Waals surface area contributed by atoms with Gasteiger partial charge < -0.3 is 4.74 Å². The molecule has 1 N–H and O–H groups in total. The van der Waals surface area contributed by atoms with Crippen LogP contribution in [0, 0.1) is 5.41 Å². The summed E-state index contributed by atoms with van der Waals surface area (Å²) in [7, 11) is 1.65. The lowest BCUT2D eigenvalue weighted by atomic mass is 10.1. The summed E-state index contributed by atoms with van der Waals surface area (Å²) < 4.78 is 6.90. The first-order chi connectivity index (χ1) is 9.24. The monoisotopic (exact) mass is 257 g/mol. The molecule has 0 aliphatic rings. The Morgan fingerprint density at radius 2 is 1.89 bits per heavy atom. The van der Waals surface area contributed by atoms with Crippen LogP contribution in [-0.4, -0.2) is 16.9 Å². The van der Waals surface area contributed by atoms with Crippen molar-refractivity contribution in [3.8, 4) is 17.0 Å². The van der Waals surface area contributed by atoms with Crippen molar-refractivity contribution in [3.63, 3.8) is 0 Å². The van der Waals surface area contributed by atoms with Crippen LogP contribution in [-0.2, 0) is 6.54 Å². The minimum absolute atomic E-state index is 0.450. The molecule has 0 unspecified atom stereocenters. The van der Waals surface area contributed by atoms with E-state index in [-0.39, 0.29) is 0 Å². The molecule has 4 nitrogen and oxygen atoms in total. The van der Waals surface area contributed by atoms with E-state index in [9.17, 15) is 0 Å². The van der Waals surface area contributed by atoms with E-state index in [0.717, 1.165) is 36.4 Å². The first kappa shape index (κ1) is 13.3. The molecule has 2 rings (SSSR count). The molecule has 4 heteroatoms. The van der Waals surface area contributed by atoms with E-state index in [1.54, 1.807) is 17.9 Å². The van der Waals surface area contributed by atoms with Gasteiger partial charge in [0.05, 0.1) is 12.8 Å². The van der Waals surface area contributed by atoms with Gasteiger partial charge in [0, 0.05) is 12.1 Å².